The van der Waals surface area contributed by atoms with E-state index in [0.717, 1.165) is 56.5 Å². The molecule has 0 spiro atoms. The third-order valence-corrected chi connectivity index (χ3v) is 9.28. The smallest absolute Gasteiger partial charge is 0.351 e. The maximum absolute atomic E-state index is 14.9. The van der Waals surface area contributed by atoms with Gasteiger partial charge in [-0.25, -0.2) is 37.5 Å². The second-order valence-corrected chi connectivity index (χ2v) is 12.4. The number of ether oxygens (including phenoxy) is 3. The highest BCUT2D eigenvalue weighted by Crippen LogP contribution is 2.38. The van der Waals surface area contributed by atoms with Gasteiger partial charge in [0.15, 0.2) is 0 Å². The van der Waals surface area contributed by atoms with Crippen molar-refractivity contribution in [3.63, 3.8) is 0 Å². The van der Waals surface area contributed by atoms with Gasteiger partial charge >= 0.3 is 5.69 Å². The lowest BCUT2D eigenvalue weighted by Crippen LogP contribution is -2.46. The second-order valence-electron chi connectivity index (χ2n) is 12.4. The molecule has 0 radical (unpaired) electrons. The van der Waals surface area contributed by atoms with Gasteiger partial charge in [0.2, 0.25) is 5.79 Å². The highest BCUT2D eigenvalue weighted by molar-refractivity contribution is 5.53. The summed E-state index contributed by atoms with van der Waals surface area (Å²) in [6, 6.07) is 15.1. The summed E-state index contributed by atoms with van der Waals surface area (Å²) in [4.78, 5) is 26.0. The van der Waals surface area contributed by atoms with Crippen LogP contribution >= 0.6 is 0 Å². The first-order chi connectivity index (χ1) is 24.4. The maximum Gasteiger partial charge on any atom is 0.351 e. The first kappa shape index (κ1) is 33.4. The lowest BCUT2D eigenvalue weighted by atomic mass is 10.0. The Labute approximate surface area is 287 Å². The van der Waals surface area contributed by atoms with Crippen molar-refractivity contribution >= 4 is 11.4 Å². The largest absolute Gasteiger partial charge is 0.491 e. The number of hydrogen-bond donors (Lipinski definition) is 0. The van der Waals surface area contributed by atoms with Gasteiger partial charge in [0.25, 0.3) is 0 Å². The van der Waals surface area contributed by atoms with E-state index in [4.69, 9.17) is 14.2 Å². The monoisotopic (exact) mass is 687 g/mol. The number of nitrogens with zero attached hydrogens (tertiary/aromatic N) is 9. The fourth-order valence-corrected chi connectivity index (χ4v) is 6.51. The summed E-state index contributed by atoms with van der Waals surface area (Å²) >= 11 is 0. The summed E-state index contributed by atoms with van der Waals surface area (Å²) in [6.45, 7) is 7.73. The van der Waals surface area contributed by atoms with Gasteiger partial charge in [-0.15, -0.1) is 0 Å². The van der Waals surface area contributed by atoms with Crippen LogP contribution in [0.2, 0.25) is 0 Å². The molecule has 0 saturated carbocycles. The van der Waals surface area contributed by atoms with Crippen LogP contribution in [-0.4, -0.2) is 79.6 Å². The average Bonchev–Trinajstić information content (AvgIpc) is 3.90. The van der Waals surface area contributed by atoms with Gasteiger partial charge in [-0.05, 0) is 61.4 Å². The number of rotatable bonds is 12. The van der Waals surface area contributed by atoms with Crippen molar-refractivity contribution in [2.75, 3.05) is 49.2 Å². The zero-order valence-electron chi connectivity index (χ0n) is 27.9. The Morgan fingerprint density at radius 1 is 0.940 bits per heavy atom. The first-order valence-electron chi connectivity index (χ1n) is 16.8. The summed E-state index contributed by atoms with van der Waals surface area (Å²) in [7, 11) is 0. The van der Waals surface area contributed by atoms with Gasteiger partial charge in [-0.3, -0.25) is 0 Å². The molecular weight excluding hydrogens is 648 g/mol. The average molecular weight is 688 g/mol. The minimum absolute atomic E-state index is 0.0300. The van der Waals surface area contributed by atoms with Crippen LogP contribution in [0.3, 0.4) is 0 Å². The van der Waals surface area contributed by atoms with Crippen molar-refractivity contribution in [3.05, 3.63) is 107 Å². The molecule has 2 aromatic carbocycles. The Kier molecular flexibility index (Phi) is 9.59. The summed E-state index contributed by atoms with van der Waals surface area (Å²) < 4.78 is 51.4. The van der Waals surface area contributed by atoms with Crippen molar-refractivity contribution in [2.24, 2.45) is 0 Å². The molecule has 15 heteroatoms. The van der Waals surface area contributed by atoms with Gasteiger partial charge in [0.05, 0.1) is 24.5 Å². The lowest BCUT2D eigenvalue weighted by molar-refractivity contribution is -0.192. The van der Waals surface area contributed by atoms with Crippen LogP contribution in [0.15, 0.2) is 84.6 Å². The van der Waals surface area contributed by atoms with E-state index in [2.05, 4.69) is 43.8 Å². The van der Waals surface area contributed by atoms with E-state index in [1.165, 1.54) is 34.0 Å². The number of pyridine rings is 1. The zero-order chi connectivity index (χ0) is 34.7. The molecule has 2 aliphatic heterocycles. The molecule has 50 heavy (non-hydrogen) atoms. The van der Waals surface area contributed by atoms with Crippen LogP contribution in [0.25, 0.3) is 5.82 Å². The third-order valence-electron chi connectivity index (χ3n) is 9.28. The fourth-order valence-electron chi connectivity index (χ4n) is 6.51. The van der Waals surface area contributed by atoms with Crippen LogP contribution in [0, 0.1) is 11.6 Å². The Bertz CT molecular complexity index is 1920. The molecule has 2 saturated heterocycles. The molecule has 2 aliphatic rings. The van der Waals surface area contributed by atoms with E-state index in [1.807, 2.05) is 42.6 Å². The molecule has 0 amide bonds. The van der Waals surface area contributed by atoms with E-state index in [9.17, 15) is 13.6 Å². The van der Waals surface area contributed by atoms with Gasteiger partial charge in [-0.2, -0.15) is 10.2 Å². The standard InChI is InChI=1S/C35H39F2N9O4/c1-3-26(4-2)46-34(47)45(24-41-46)33-12-8-28(18-39-33)43-15-13-42(14-16-43)27-6-9-29(10-7-27)48-19-30-20-49-35(50-30,21-44-23-38-22-40-44)31-11-5-25(36)17-32(31)37/h5-12,17-18,22-24,26,30H,3-4,13-16,19-21H2,1-2H3/t30-,35-/m0/s1. The predicted molar refractivity (Wildman–Crippen MR) is 180 cm³/mol. The van der Waals surface area contributed by atoms with Crippen LogP contribution in [0.5, 0.6) is 5.75 Å². The van der Waals surface area contributed by atoms with Crippen LogP contribution in [0.1, 0.15) is 38.3 Å². The fraction of sp³-hybridized carbons (Fsp3) is 0.400. The number of anilines is 2. The molecule has 13 nitrogen and oxygen atoms in total. The highest BCUT2D eigenvalue weighted by atomic mass is 19.1. The van der Waals surface area contributed by atoms with Crippen molar-refractivity contribution in [1.82, 2.24) is 34.1 Å². The molecule has 262 valence electrons. The molecule has 3 aromatic heterocycles. The summed E-state index contributed by atoms with van der Waals surface area (Å²) in [5.41, 5.74) is 1.98. The first-order valence-corrected chi connectivity index (χ1v) is 16.8. The third kappa shape index (κ3) is 6.83. The minimum atomic E-state index is -1.51. The topological polar surface area (TPSA) is 118 Å². The number of benzene rings is 2. The molecule has 0 unspecified atom stereocenters. The van der Waals surface area contributed by atoms with Crippen molar-refractivity contribution in [1.29, 1.82) is 0 Å². The summed E-state index contributed by atoms with van der Waals surface area (Å²) in [6.07, 6.45) is 7.37. The number of piperazine rings is 1. The van der Waals surface area contributed by atoms with Crippen molar-refractivity contribution in [2.45, 2.75) is 51.2 Å². The van der Waals surface area contributed by atoms with Crippen LogP contribution in [-0.2, 0) is 21.8 Å². The number of hydrogen-bond acceptors (Lipinski definition) is 10. The summed E-state index contributed by atoms with van der Waals surface area (Å²) in [5, 5.41) is 8.42. The van der Waals surface area contributed by atoms with Gasteiger partial charge < -0.3 is 24.0 Å². The number of aromatic nitrogens is 7. The quantitative estimate of drug-likeness (QED) is 0.188. The Balaban J connectivity index is 0.924. The highest BCUT2D eigenvalue weighted by Gasteiger charge is 2.46. The summed E-state index contributed by atoms with van der Waals surface area (Å²) in [5.74, 6) is -1.76. The van der Waals surface area contributed by atoms with Crippen LogP contribution in [0.4, 0.5) is 20.2 Å². The lowest BCUT2D eigenvalue weighted by Gasteiger charge is -2.37. The molecule has 2 fully saturated rings. The molecule has 0 aliphatic carbocycles. The molecule has 0 N–H and O–H groups in total. The zero-order valence-corrected chi connectivity index (χ0v) is 27.9. The Morgan fingerprint density at radius 2 is 1.68 bits per heavy atom. The molecule has 5 aromatic rings. The van der Waals surface area contributed by atoms with Gasteiger partial charge in [0.1, 0.15) is 61.4 Å². The Morgan fingerprint density at radius 3 is 2.34 bits per heavy atom. The normalized spacial score (nSPS) is 19.4. The SMILES string of the molecule is CCC(CC)n1ncn(-c2ccc(N3CCN(c4ccc(OC[C@H]5CO[C@](Cn6cncn6)(c6ccc(F)cc6F)O5)cc4)CC3)cn2)c1=O. The molecule has 5 heterocycles. The van der Waals surface area contributed by atoms with E-state index >= 15 is 0 Å². The second kappa shape index (κ2) is 14.4. The molecule has 0 bridgehead atoms. The van der Waals surface area contributed by atoms with Gasteiger partial charge in [-0.1, -0.05) is 13.8 Å². The Hall–Kier alpha value is -5.15. The van der Waals surface area contributed by atoms with Crippen LogP contribution < -0.4 is 20.2 Å². The van der Waals surface area contributed by atoms with Crippen molar-refractivity contribution in [3.8, 4) is 11.6 Å². The predicted octanol–water partition coefficient (Wildman–Crippen LogP) is 4.33. The van der Waals surface area contributed by atoms with E-state index < -0.39 is 23.5 Å². The van der Waals surface area contributed by atoms with E-state index in [1.54, 1.807) is 11.0 Å². The minimum Gasteiger partial charge on any atom is -0.491 e. The number of halogens is 2. The van der Waals surface area contributed by atoms with E-state index in [0.29, 0.717) is 11.6 Å². The molecule has 7 rings (SSSR count). The maximum atomic E-state index is 14.9. The molecular formula is C35H39F2N9O4. The van der Waals surface area contributed by atoms with Gasteiger partial charge in [0, 0.05) is 43.5 Å². The molecule has 2 atom stereocenters. The van der Waals surface area contributed by atoms with Crippen molar-refractivity contribution < 1.29 is 23.0 Å². The van der Waals surface area contributed by atoms with E-state index in [-0.39, 0.29) is 37.1 Å².